The Morgan fingerprint density at radius 2 is 1.60 bits per heavy atom. The SMILES string of the molecule is CC1=C2C(O)C(=O)[C@]3(C)C(O)CC4OCC4(O)C3C(OC(=O)c3ccccc3)C(O)(CC1OC(=O)[C@H](C)C(C)C)C2(C)C.[Ac].[Ac]. The van der Waals surface area contributed by atoms with Crippen LogP contribution >= 0.6 is 0 Å². The van der Waals surface area contributed by atoms with E-state index < -0.39 is 82.1 Å². The van der Waals surface area contributed by atoms with Gasteiger partial charge in [0.15, 0.2) is 5.78 Å². The van der Waals surface area contributed by atoms with Gasteiger partial charge in [0.1, 0.15) is 29.5 Å². The van der Waals surface area contributed by atoms with Crippen LogP contribution in [0.1, 0.15) is 71.7 Å². The van der Waals surface area contributed by atoms with Crippen LogP contribution in [0.25, 0.3) is 0 Å². The third-order valence-corrected chi connectivity index (χ3v) is 11.2. The molecule has 242 valence electrons. The van der Waals surface area contributed by atoms with Crippen molar-refractivity contribution in [2.24, 2.45) is 28.6 Å². The zero-order chi connectivity index (χ0) is 31.9. The molecule has 0 amide bonds. The van der Waals surface area contributed by atoms with Gasteiger partial charge in [-0.2, -0.15) is 0 Å². The van der Waals surface area contributed by atoms with Crippen LogP contribution in [-0.4, -0.2) is 86.5 Å². The molecule has 5 rings (SSSR count). The molecule has 12 heteroatoms. The molecule has 0 aromatic heterocycles. The zero-order valence-electron chi connectivity index (χ0n) is 27.0. The van der Waals surface area contributed by atoms with Gasteiger partial charge in [0.25, 0.3) is 0 Å². The van der Waals surface area contributed by atoms with Gasteiger partial charge in [0.2, 0.25) is 0 Å². The second-order valence-corrected chi connectivity index (χ2v) is 14.1. The van der Waals surface area contributed by atoms with E-state index in [0.717, 1.165) is 0 Å². The van der Waals surface area contributed by atoms with E-state index in [0.29, 0.717) is 5.57 Å². The number of benzene rings is 1. The average molecular weight is 1050 g/mol. The minimum Gasteiger partial charge on any atom is -0.458 e. The topological polar surface area (TPSA) is 160 Å². The summed E-state index contributed by atoms with van der Waals surface area (Å²) in [7, 11) is 0. The van der Waals surface area contributed by atoms with E-state index in [1.165, 1.54) is 6.92 Å². The summed E-state index contributed by atoms with van der Waals surface area (Å²) >= 11 is 0. The maximum atomic E-state index is 14.4. The van der Waals surface area contributed by atoms with Gasteiger partial charge in [-0.15, -0.1) is 0 Å². The van der Waals surface area contributed by atoms with Crippen LogP contribution in [0.3, 0.4) is 0 Å². The third-order valence-electron chi connectivity index (χ3n) is 11.2. The number of hydrogen-bond donors (Lipinski definition) is 4. The first-order valence-corrected chi connectivity index (χ1v) is 15.1. The van der Waals surface area contributed by atoms with Crippen molar-refractivity contribution >= 4 is 17.7 Å². The molecular formula is C33H44Ac2O10. The van der Waals surface area contributed by atoms with Crippen molar-refractivity contribution in [1.29, 1.82) is 0 Å². The number of esters is 2. The molecule has 4 N–H and O–H groups in total. The third kappa shape index (κ3) is 6.05. The van der Waals surface area contributed by atoms with E-state index in [1.807, 2.05) is 13.8 Å². The maximum Gasteiger partial charge on any atom is 0.338 e. The van der Waals surface area contributed by atoms with Crippen molar-refractivity contribution in [2.45, 2.75) is 103 Å². The molecule has 3 aliphatic carbocycles. The zero-order valence-corrected chi connectivity index (χ0v) is 36.5. The summed E-state index contributed by atoms with van der Waals surface area (Å²) in [5.74, 6) is -3.99. The van der Waals surface area contributed by atoms with Crippen LogP contribution in [0.2, 0.25) is 0 Å². The van der Waals surface area contributed by atoms with Gasteiger partial charge in [0.05, 0.1) is 35.7 Å². The van der Waals surface area contributed by atoms with Gasteiger partial charge in [0, 0.05) is 112 Å². The summed E-state index contributed by atoms with van der Waals surface area (Å²) in [5, 5.41) is 48.3. The Balaban J connectivity index is 0.00000276. The van der Waals surface area contributed by atoms with Crippen molar-refractivity contribution in [3.8, 4) is 0 Å². The molecule has 8 unspecified atom stereocenters. The average Bonchev–Trinajstić information content (AvgIpc) is 2.95. The molecule has 1 saturated heterocycles. The summed E-state index contributed by atoms with van der Waals surface area (Å²) in [4.78, 5) is 41.3. The fraction of sp³-hybridized carbons (Fsp3) is 0.667. The Morgan fingerprint density at radius 3 is 2.13 bits per heavy atom. The van der Waals surface area contributed by atoms with Crippen molar-refractivity contribution < 1.29 is 137 Å². The molecule has 1 aliphatic heterocycles. The predicted molar refractivity (Wildman–Crippen MR) is 153 cm³/mol. The number of ketones is 1. The van der Waals surface area contributed by atoms with Gasteiger partial charge in [-0.25, -0.2) is 4.79 Å². The molecule has 45 heavy (non-hydrogen) atoms. The number of hydrogen-bond acceptors (Lipinski definition) is 10. The monoisotopic (exact) mass is 1050 g/mol. The van der Waals surface area contributed by atoms with Crippen molar-refractivity contribution in [2.75, 3.05) is 6.61 Å². The minimum atomic E-state index is -2.08. The molecule has 1 aromatic carbocycles. The Bertz CT molecular complexity index is 1350. The molecule has 2 bridgehead atoms. The van der Waals surface area contributed by atoms with Crippen LogP contribution in [-0.2, 0) is 23.8 Å². The standard InChI is InChI=1S/C33H44O10.2Ac/c1-16(2)17(3)28(37)42-20-14-33(40)27(43-29(38)19-11-9-8-10-12-19)25-31(7,21(34)13-22-32(25,39)15-41-22)26(36)24(35)23(18(20)4)30(33,5)6;;/h8-12,16-17,20-22,24-25,27,34-35,39-40H,13-15H2,1-7H3;;/t17-,20?,21?,22?,24?,25?,27?,31-,32?,33?;;/m1../s1. The molecule has 2 radical (unpaired) electrons. The maximum absolute atomic E-state index is 14.4. The van der Waals surface area contributed by atoms with Crippen LogP contribution < -0.4 is 0 Å². The molecule has 0 spiro atoms. The van der Waals surface area contributed by atoms with E-state index in [4.69, 9.17) is 14.2 Å². The van der Waals surface area contributed by atoms with Crippen molar-refractivity contribution in [3.05, 3.63) is 47.0 Å². The summed E-state index contributed by atoms with van der Waals surface area (Å²) in [6.07, 6.45) is -7.08. The fourth-order valence-electron chi connectivity index (χ4n) is 7.90. The number of rotatable bonds is 5. The van der Waals surface area contributed by atoms with E-state index >= 15 is 0 Å². The number of aliphatic hydroxyl groups excluding tert-OH is 2. The van der Waals surface area contributed by atoms with Crippen molar-refractivity contribution in [3.63, 3.8) is 0 Å². The van der Waals surface area contributed by atoms with Gasteiger partial charge < -0.3 is 34.6 Å². The molecule has 2 saturated carbocycles. The van der Waals surface area contributed by atoms with Crippen LogP contribution in [0.5, 0.6) is 0 Å². The van der Waals surface area contributed by atoms with E-state index in [2.05, 4.69) is 0 Å². The summed E-state index contributed by atoms with van der Waals surface area (Å²) < 4.78 is 17.8. The van der Waals surface area contributed by atoms with Gasteiger partial charge in [-0.1, -0.05) is 52.8 Å². The Kier molecular flexibility index (Phi) is 12.2. The number of Topliss-reactive ketones (excluding diaryl/α,β-unsaturated/α-hetero) is 1. The normalized spacial score (nSPS) is 39.0. The van der Waals surface area contributed by atoms with Crippen LogP contribution in [0.4, 0.5) is 0 Å². The molecule has 1 aromatic rings. The van der Waals surface area contributed by atoms with Gasteiger partial charge in [-0.05, 0) is 43.0 Å². The smallest absolute Gasteiger partial charge is 0.338 e. The van der Waals surface area contributed by atoms with E-state index in [9.17, 15) is 34.8 Å². The fourth-order valence-corrected chi connectivity index (χ4v) is 7.90. The summed E-state index contributed by atoms with van der Waals surface area (Å²) in [6, 6.07) is 8.13. The quantitative estimate of drug-likeness (QED) is 0.255. The van der Waals surface area contributed by atoms with Gasteiger partial charge in [-0.3, -0.25) is 9.59 Å². The number of carbonyl (C=O) groups excluding carboxylic acids is 3. The largest absolute Gasteiger partial charge is 0.458 e. The molecule has 4 aliphatic rings. The van der Waals surface area contributed by atoms with E-state index in [-0.39, 0.29) is 125 Å². The minimum absolute atomic E-state index is 0. The van der Waals surface area contributed by atoms with Gasteiger partial charge >= 0.3 is 11.9 Å². The van der Waals surface area contributed by atoms with Crippen molar-refractivity contribution in [1.82, 2.24) is 0 Å². The second-order valence-electron chi connectivity index (χ2n) is 14.1. The Labute approximate surface area is 336 Å². The second kappa shape index (κ2) is 13.9. The van der Waals surface area contributed by atoms with Crippen LogP contribution in [0.15, 0.2) is 41.5 Å². The predicted octanol–water partition coefficient (Wildman–Crippen LogP) is 2.35. The molecule has 10 atom stereocenters. The first-order valence-electron chi connectivity index (χ1n) is 15.1. The first-order chi connectivity index (χ1) is 19.9. The number of ether oxygens (including phenoxy) is 3. The Morgan fingerprint density at radius 1 is 1.00 bits per heavy atom. The number of fused-ring (bicyclic) bond motifs is 5. The first kappa shape index (κ1) is 39.7. The molecular weight excluding hydrogens is 1010 g/mol. The Hall–Kier alpha value is 0.253. The molecule has 3 fully saturated rings. The summed E-state index contributed by atoms with van der Waals surface area (Å²) in [5.41, 5.74) is -6.40. The summed E-state index contributed by atoms with van der Waals surface area (Å²) in [6.45, 7) is 11.6. The molecule has 10 nitrogen and oxygen atoms in total. The number of carbonyl (C=O) groups is 3. The van der Waals surface area contributed by atoms with E-state index in [1.54, 1.807) is 58.0 Å². The van der Waals surface area contributed by atoms with Crippen LogP contribution in [0, 0.1) is 117 Å². The number of aliphatic hydroxyl groups is 4. The molecule has 1 heterocycles.